The lowest BCUT2D eigenvalue weighted by Gasteiger charge is -2.37. The molecule has 0 unspecified atom stereocenters. The molecule has 3 heteroatoms. The smallest absolute Gasteiger partial charge is 0.145 e. The van der Waals surface area contributed by atoms with Gasteiger partial charge in [-0.3, -0.25) is 5.10 Å². The van der Waals surface area contributed by atoms with Crippen LogP contribution in [0.15, 0.2) is 30.3 Å². The van der Waals surface area contributed by atoms with E-state index in [2.05, 4.69) is 55.2 Å². The molecule has 1 aliphatic carbocycles. The van der Waals surface area contributed by atoms with Crippen LogP contribution in [0.5, 0.6) is 0 Å². The van der Waals surface area contributed by atoms with Crippen LogP contribution in [0.2, 0.25) is 0 Å². The number of aromatic amines is 1. The molecular weight excluding hydrogens is 270 g/mol. The molecule has 0 radical (unpaired) electrons. The van der Waals surface area contributed by atoms with E-state index < -0.39 is 0 Å². The van der Waals surface area contributed by atoms with E-state index in [1.807, 2.05) is 6.07 Å². The molecule has 118 valence electrons. The largest absolute Gasteiger partial charge is 0.382 e. The summed E-state index contributed by atoms with van der Waals surface area (Å²) in [7, 11) is 0. The van der Waals surface area contributed by atoms with E-state index in [4.69, 9.17) is 5.73 Å². The second-order valence-electron chi connectivity index (χ2n) is 7.75. The van der Waals surface area contributed by atoms with Crippen LogP contribution < -0.4 is 5.73 Å². The van der Waals surface area contributed by atoms with E-state index in [1.54, 1.807) is 0 Å². The SMILES string of the molecule is CC(C)(C)C1CCC(c2cccc(-c3cc(N)n[nH]3)c2)CC1. The minimum Gasteiger partial charge on any atom is -0.382 e. The molecule has 22 heavy (non-hydrogen) atoms. The second-order valence-corrected chi connectivity index (χ2v) is 7.75. The number of nitrogen functional groups attached to an aromatic ring is 1. The van der Waals surface area contributed by atoms with Gasteiger partial charge in [0.2, 0.25) is 0 Å². The van der Waals surface area contributed by atoms with Crippen molar-refractivity contribution in [2.24, 2.45) is 11.3 Å². The Bertz CT molecular complexity index is 628. The number of aromatic nitrogens is 2. The lowest BCUT2D eigenvalue weighted by molar-refractivity contribution is 0.169. The number of hydrogen-bond donors (Lipinski definition) is 2. The third-order valence-electron chi connectivity index (χ3n) is 5.22. The molecular formula is C19H27N3. The number of nitrogens with zero attached hydrogens (tertiary/aromatic N) is 1. The molecule has 0 spiro atoms. The Balaban J connectivity index is 1.74. The van der Waals surface area contributed by atoms with Gasteiger partial charge in [0, 0.05) is 6.07 Å². The molecule has 3 rings (SSSR count). The summed E-state index contributed by atoms with van der Waals surface area (Å²) >= 11 is 0. The molecule has 3 N–H and O–H groups in total. The van der Waals surface area contributed by atoms with Crippen LogP contribution in [0, 0.1) is 11.3 Å². The standard InChI is InChI=1S/C19H27N3/c1-19(2,3)16-9-7-13(8-10-16)14-5-4-6-15(11-14)17-12-18(20)22-21-17/h4-6,11-13,16H,7-10H2,1-3H3,(H3,20,21,22). The molecule has 1 aliphatic rings. The third-order valence-corrected chi connectivity index (χ3v) is 5.22. The van der Waals surface area contributed by atoms with Gasteiger partial charge in [-0.05, 0) is 60.1 Å². The molecule has 1 aromatic carbocycles. The van der Waals surface area contributed by atoms with Crippen molar-refractivity contribution in [2.45, 2.75) is 52.4 Å². The van der Waals surface area contributed by atoms with Crippen LogP contribution in [-0.4, -0.2) is 10.2 Å². The van der Waals surface area contributed by atoms with Gasteiger partial charge in [0.15, 0.2) is 0 Å². The first kappa shape index (κ1) is 15.1. The Hall–Kier alpha value is -1.77. The van der Waals surface area contributed by atoms with Crippen molar-refractivity contribution in [3.63, 3.8) is 0 Å². The topological polar surface area (TPSA) is 54.7 Å². The Kier molecular flexibility index (Phi) is 3.98. The summed E-state index contributed by atoms with van der Waals surface area (Å²) in [5, 5.41) is 7.03. The zero-order valence-electron chi connectivity index (χ0n) is 13.9. The summed E-state index contributed by atoms with van der Waals surface area (Å²) in [5.74, 6) is 2.10. The maximum Gasteiger partial charge on any atom is 0.145 e. The Morgan fingerprint density at radius 1 is 1.09 bits per heavy atom. The minimum atomic E-state index is 0.445. The number of nitrogens with two attached hydrogens (primary N) is 1. The van der Waals surface area contributed by atoms with Crippen molar-refractivity contribution < 1.29 is 0 Å². The number of benzene rings is 1. The normalized spacial score (nSPS) is 22.7. The maximum absolute atomic E-state index is 5.71. The highest BCUT2D eigenvalue weighted by Crippen LogP contribution is 2.43. The van der Waals surface area contributed by atoms with Gasteiger partial charge in [0.1, 0.15) is 5.82 Å². The number of hydrogen-bond acceptors (Lipinski definition) is 2. The predicted octanol–water partition coefficient (Wildman–Crippen LogP) is 4.98. The highest BCUT2D eigenvalue weighted by atomic mass is 15.2. The van der Waals surface area contributed by atoms with Crippen molar-refractivity contribution in [1.82, 2.24) is 10.2 Å². The molecule has 0 saturated heterocycles. The monoisotopic (exact) mass is 297 g/mol. The van der Waals surface area contributed by atoms with Gasteiger partial charge in [-0.25, -0.2) is 0 Å². The van der Waals surface area contributed by atoms with Crippen molar-refractivity contribution >= 4 is 5.82 Å². The zero-order valence-corrected chi connectivity index (χ0v) is 13.9. The van der Waals surface area contributed by atoms with Crippen LogP contribution in [0.1, 0.15) is 57.9 Å². The number of rotatable bonds is 2. The first-order valence-corrected chi connectivity index (χ1v) is 8.34. The summed E-state index contributed by atoms with van der Waals surface area (Å²) in [6.45, 7) is 7.13. The van der Waals surface area contributed by atoms with Crippen LogP contribution in [0.3, 0.4) is 0 Å². The predicted molar refractivity (Wildman–Crippen MR) is 92.6 cm³/mol. The lowest BCUT2D eigenvalue weighted by Crippen LogP contribution is -2.25. The molecule has 0 atom stereocenters. The van der Waals surface area contributed by atoms with Gasteiger partial charge >= 0.3 is 0 Å². The number of nitrogens with one attached hydrogen (secondary N) is 1. The van der Waals surface area contributed by atoms with E-state index in [1.165, 1.54) is 36.8 Å². The summed E-state index contributed by atoms with van der Waals surface area (Å²) in [6.07, 6.45) is 5.29. The van der Waals surface area contributed by atoms with E-state index in [0.717, 1.165) is 11.6 Å². The fourth-order valence-corrected chi connectivity index (χ4v) is 3.74. The first-order chi connectivity index (χ1) is 10.4. The van der Waals surface area contributed by atoms with E-state index >= 15 is 0 Å². The average Bonchev–Trinajstić information content (AvgIpc) is 2.93. The molecule has 0 amide bonds. The van der Waals surface area contributed by atoms with Gasteiger partial charge in [-0.15, -0.1) is 0 Å². The number of anilines is 1. The summed E-state index contributed by atoms with van der Waals surface area (Å²) in [6, 6.07) is 10.7. The molecule has 1 saturated carbocycles. The Morgan fingerprint density at radius 3 is 2.41 bits per heavy atom. The molecule has 1 fully saturated rings. The molecule has 1 aromatic heterocycles. The molecule has 3 nitrogen and oxygen atoms in total. The van der Waals surface area contributed by atoms with Crippen LogP contribution >= 0.6 is 0 Å². The summed E-state index contributed by atoms with van der Waals surface area (Å²) in [5.41, 5.74) is 9.79. The van der Waals surface area contributed by atoms with E-state index in [0.29, 0.717) is 17.2 Å². The van der Waals surface area contributed by atoms with E-state index in [-0.39, 0.29) is 0 Å². The highest BCUT2D eigenvalue weighted by molar-refractivity contribution is 5.62. The number of H-pyrrole nitrogens is 1. The molecule has 0 bridgehead atoms. The van der Waals surface area contributed by atoms with Crippen molar-refractivity contribution in [3.05, 3.63) is 35.9 Å². The highest BCUT2D eigenvalue weighted by Gasteiger charge is 2.30. The molecule has 0 aliphatic heterocycles. The average molecular weight is 297 g/mol. The summed E-state index contributed by atoms with van der Waals surface area (Å²) < 4.78 is 0. The van der Waals surface area contributed by atoms with Crippen molar-refractivity contribution in [1.29, 1.82) is 0 Å². The van der Waals surface area contributed by atoms with Gasteiger partial charge in [0.05, 0.1) is 5.69 Å². The van der Waals surface area contributed by atoms with Crippen molar-refractivity contribution in [3.8, 4) is 11.3 Å². The van der Waals surface area contributed by atoms with Gasteiger partial charge in [-0.2, -0.15) is 5.10 Å². The van der Waals surface area contributed by atoms with Crippen LogP contribution in [-0.2, 0) is 0 Å². The fourth-order valence-electron chi connectivity index (χ4n) is 3.74. The second kappa shape index (κ2) is 5.79. The summed E-state index contributed by atoms with van der Waals surface area (Å²) in [4.78, 5) is 0. The van der Waals surface area contributed by atoms with Gasteiger partial charge in [0.25, 0.3) is 0 Å². The van der Waals surface area contributed by atoms with Crippen molar-refractivity contribution in [2.75, 3.05) is 5.73 Å². The van der Waals surface area contributed by atoms with Crippen LogP contribution in [0.4, 0.5) is 5.82 Å². The third kappa shape index (κ3) is 3.18. The zero-order chi connectivity index (χ0) is 15.7. The maximum atomic E-state index is 5.71. The fraction of sp³-hybridized carbons (Fsp3) is 0.526. The first-order valence-electron chi connectivity index (χ1n) is 8.34. The lowest BCUT2D eigenvalue weighted by atomic mass is 9.68. The Morgan fingerprint density at radius 2 is 1.82 bits per heavy atom. The Labute approximate surface area is 133 Å². The quantitative estimate of drug-likeness (QED) is 0.821. The molecule has 1 heterocycles. The minimum absolute atomic E-state index is 0.445. The molecule has 2 aromatic rings. The van der Waals surface area contributed by atoms with Gasteiger partial charge in [-0.1, -0.05) is 39.0 Å². The van der Waals surface area contributed by atoms with Crippen LogP contribution in [0.25, 0.3) is 11.3 Å². The van der Waals surface area contributed by atoms with E-state index in [9.17, 15) is 0 Å². The van der Waals surface area contributed by atoms with Gasteiger partial charge < -0.3 is 5.73 Å².